The minimum Gasteiger partial charge on any atom is -0.466 e. The second kappa shape index (κ2) is 5.55. The van der Waals surface area contributed by atoms with Gasteiger partial charge in [-0.15, -0.1) is 0 Å². The Balaban J connectivity index is 2.72. The molecule has 0 heterocycles. The van der Waals surface area contributed by atoms with Crippen molar-refractivity contribution in [2.45, 2.75) is 19.4 Å². The van der Waals surface area contributed by atoms with Crippen LogP contribution >= 0.6 is 0 Å². The van der Waals surface area contributed by atoms with Crippen molar-refractivity contribution < 1.29 is 23.4 Å². The number of hydrogen-bond donors (Lipinski definition) is 1. The molecule has 1 rings (SSSR count). The van der Waals surface area contributed by atoms with Gasteiger partial charge in [-0.05, 0) is 13.0 Å². The summed E-state index contributed by atoms with van der Waals surface area (Å²) in [6.45, 7) is 1.82. The third-order valence-corrected chi connectivity index (χ3v) is 1.99. The number of rotatable bonds is 4. The summed E-state index contributed by atoms with van der Waals surface area (Å²) < 4.78 is 30.4. The van der Waals surface area contributed by atoms with Crippen molar-refractivity contribution >= 4 is 5.97 Å². The van der Waals surface area contributed by atoms with Crippen LogP contribution in [-0.2, 0) is 9.53 Å². The molecule has 0 radical (unpaired) electrons. The van der Waals surface area contributed by atoms with Gasteiger partial charge in [-0.2, -0.15) is 0 Å². The Kier molecular flexibility index (Phi) is 4.37. The van der Waals surface area contributed by atoms with Crippen LogP contribution in [0.1, 0.15) is 25.0 Å². The monoisotopic (exact) mass is 230 g/mol. The van der Waals surface area contributed by atoms with E-state index in [1.54, 1.807) is 6.92 Å². The summed E-state index contributed by atoms with van der Waals surface area (Å²) in [5.41, 5.74) is -0.116. The summed E-state index contributed by atoms with van der Waals surface area (Å²) in [4.78, 5) is 11.0. The van der Waals surface area contributed by atoms with E-state index >= 15 is 0 Å². The molecule has 0 fully saturated rings. The molecule has 0 saturated carbocycles. The molecule has 0 spiro atoms. The Morgan fingerprint density at radius 2 is 2.19 bits per heavy atom. The Bertz CT molecular complexity index is 379. The number of hydrogen-bond acceptors (Lipinski definition) is 3. The molecule has 88 valence electrons. The summed E-state index contributed by atoms with van der Waals surface area (Å²) in [5.74, 6) is -2.24. The highest BCUT2D eigenvalue weighted by Gasteiger charge is 2.17. The van der Waals surface area contributed by atoms with Crippen LogP contribution in [0.15, 0.2) is 18.2 Å². The minimum absolute atomic E-state index is 0.116. The summed E-state index contributed by atoms with van der Waals surface area (Å²) in [5, 5.41) is 9.53. The number of carbonyl (C=O) groups excluding carboxylic acids is 1. The molecule has 1 atom stereocenters. The maximum Gasteiger partial charge on any atom is 0.308 e. The quantitative estimate of drug-likeness (QED) is 0.804. The largest absolute Gasteiger partial charge is 0.466 e. The van der Waals surface area contributed by atoms with E-state index in [0.717, 1.165) is 12.1 Å². The molecular formula is C11H12F2O3. The fourth-order valence-corrected chi connectivity index (χ4v) is 1.26. The molecule has 0 amide bonds. The third kappa shape index (κ3) is 3.27. The Labute approximate surface area is 91.7 Å². The number of halogens is 2. The number of esters is 1. The first-order chi connectivity index (χ1) is 7.54. The first-order valence-corrected chi connectivity index (χ1v) is 4.83. The zero-order chi connectivity index (χ0) is 12.1. The zero-order valence-electron chi connectivity index (χ0n) is 8.74. The second-order valence-electron chi connectivity index (χ2n) is 3.19. The number of ether oxygens (including phenoxy) is 1. The van der Waals surface area contributed by atoms with E-state index in [4.69, 9.17) is 0 Å². The van der Waals surface area contributed by atoms with Gasteiger partial charge in [-0.25, -0.2) is 8.78 Å². The molecule has 3 nitrogen and oxygen atoms in total. The zero-order valence-corrected chi connectivity index (χ0v) is 8.74. The first kappa shape index (κ1) is 12.6. The summed E-state index contributed by atoms with van der Waals surface area (Å²) in [6, 6.07) is 2.78. The molecule has 1 unspecified atom stereocenters. The molecule has 0 aliphatic rings. The second-order valence-corrected chi connectivity index (χ2v) is 3.19. The fraction of sp³-hybridized carbons (Fsp3) is 0.364. The highest BCUT2D eigenvalue weighted by atomic mass is 19.1. The predicted molar refractivity (Wildman–Crippen MR) is 52.6 cm³/mol. The van der Waals surface area contributed by atoms with Crippen molar-refractivity contribution in [3.63, 3.8) is 0 Å². The van der Waals surface area contributed by atoms with Crippen LogP contribution in [0.4, 0.5) is 8.78 Å². The van der Waals surface area contributed by atoms with E-state index in [2.05, 4.69) is 4.74 Å². The van der Waals surface area contributed by atoms with Gasteiger partial charge in [0.05, 0.1) is 19.1 Å². The van der Waals surface area contributed by atoms with Gasteiger partial charge in [0, 0.05) is 11.6 Å². The molecule has 0 aliphatic heterocycles. The maximum atomic E-state index is 13.2. The average Bonchev–Trinajstić information content (AvgIpc) is 2.17. The van der Waals surface area contributed by atoms with E-state index in [9.17, 15) is 18.7 Å². The van der Waals surface area contributed by atoms with Gasteiger partial charge in [-0.3, -0.25) is 4.79 Å². The maximum absolute atomic E-state index is 13.2. The number of aliphatic hydroxyl groups excluding tert-OH is 1. The van der Waals surface area contributed by atoms with Crippen LogP contribution in [0.5, 0.6) is 0 Å². The van der Waals surface area contributed by atoms with Crippen molar-refractivity contribution in [1.82, 2.24) is 0 Å². The number of carbonyl (C=O) groups is 1. The molecule has 16 heavy (non-hydrogen) atoms. The fourth-order valence-electron chi connectivity index (χ4n) is 1.26. The van der Waals surface area contributed by atoms with Gasteiger partial charge in [0.15, 0.2) is 0 Å². The van der Waals surface area contributed by atoms with Gasteiger partial charge in [0.1, 0.15) is 11.6 Å². The van der Waals surface area contributed by atoms with Gasteiger partial charge in [-0.1, -0.05) is 6.07 Å². The highest BCUT2D eigenvalue weighted by Crippen LogP contribution is 2.21. The molecule has 0 aromatic heterocycles. The van der Waals surface area contributed by atoms with Crippen molar-refractivity contribution in [2.24, 2.45) is 0 Å². The van der Waals surface area contributed by atoms with Gasteiger partial charge in [0.2, 0.25) is 0 Å². The standard InChI is InChI=1S/C11H12F2O3/c1-2-16-11(15)6-10(14)8-4-3-7(12)5-9(8)13/h3-5,10,14H,2,6H2,1H3. The lowest BCUT2D eigenvalue weighted by atomic mass is 10.1. The van der Waals surface area contributed by atoms with Crippen molar-refractivity contribution in [3.05, 3.63) is 35.4 Å². The van der Waals surface area contributed by atoms with Crippen LogP contribution in [0.3, 0.4) is 0 Å². The molecule has 0 aliphatic carbocycles. The van der Waals surface area contributed by atoms with Crippen molar-refractivity contribution in [2.75, 3.05) is 6.61 Å². The highest BCUT2D eigenvalue weighted by molar-refractivity contribution is 5.70. The van der Waals surface area contributed by atoms with Crippen LogP contribution in [0, 0.1) is 11.6 Å². The molecule has 0 saturated heterocycles. The van der Waals surface area contributed by atoms with E-state index in [1.165, 1.54) is 0 Å². The van der Waals surface area contributed by atoms with Crippen molar-refractivity contribution in [1.29, 1.82) is 0 Å². The lowest BCUT2D eigenvalue weighted by molar-refractivity contribution is -0.145. The minimum atomic E-state index is -1.32. The smallest absolute Gasteiger partial charge is 0.308 e. The molecule has 1 N–H and O–H groups in total. The van der Waals surface area contributed by atoms with Crippen LogP contribution < -0.4 is 0 Å². The Morgan fingerprint density at radius 3 is 2.75 bits per heavy atom. The summed E-state index contributed by atoms with van der Waals surface area (Å²) >= 11 is 0. The van der Waals surface area contributed by atoms with E-state index in [0.29, 0.717) is 6.07 Å². The van der Waals surface area contributed by atoms with Gasteiger partial charge in [0.25, 0.3) is 0 Å². The Hall–Kier alpha value is -1.49. The van der Waals surface area contributed by atoms with E-state index in [1.807, 2.05) is 0 Å². The Morgan fingerprint density at radius 1 is 1.50 bits per heavy atom. The topological polar surface area (TPSA) is 46.5 Å². The summed E-state index contributed by atoms with van der Waals surface area (Å²) in [7, 11) is 0. The molecule has 0 bridgehead atoms. The van der Waals surface area contributed by atoms with Gasteiger partial charge >= 0.3 is 5.97 Å². The lowest BCUT2D eigenvalue weighted by Gasteiger charge is -2.11. The van der Waals surface area contributed by atoms with Crippen LogP contribution in [0.2, 0.25) is 0 Å². The first-order valence-electron chi connectivity index (χ1n) is 4.83. The molecular weight excluding hydrogens is 218 g/mol. The number of benzene rings is 1. The molecule has 5 heteroatoms. The SMILES string of the molecule is CCOC(=O)CC(O)c1ccc(F)cc1F. The van der Waals surface area contributed by atoms with Crippen molar-refractivity contribution in [3.8, 4) is 0 Å². The van der Waals surface area contributed by atoms with E-state index < -0.39 is 23.7 Å². The van der Waals surface area contributed by atoms with Crippen LogP contribution in [0.25, 0.3) is 0 Å². The van der Waals surface area contributed by atoms with Crippen LogP contribution in [-0.4, -0.2) is 17.7 Å². The van der Waals surface area contributed by atoms with E-state index in [-0.39, 0.29) is 18.6 Å². The predicted octanol–water partition coefficient (Wildman–Crippen LogP) is 1.95. The number of aliphatic hydroxyl groups is 1. The molecule has 1 aromatic carbocycles. The normalized spacial score (nSPS) is 12.2. The lowest BCUT2D eigenvalue weighted by Crippen LogP contribution is -2.11. The summed E-state index contributed by atoms with van der Waals surface area (Å²) in [6.07, 6.45) is -1.67. The molecule has 1 aromatic rings. The third-order valence-electron chi connectivity index (χ3n) is 1.99. The average molecular weight is 230 g/mol. The van der Waals surface area contributed by atoms with Gasteiger partial charge < -0.3 is 9.84 Å².